The first-order chi connectivity index (χ1) is 11.0. The monoisotopic (exact) mass is 316 g/mol. The summed E-state index contributed by atoms with van der Waals surface area (Å²) in [6.07, 6.45) is 0.844. The molecule has 0 radical (unpaired) electrons. The molecule has 5 nitrogen and oxygen atoms in total. The summed E-state index contributed by atoms with van der Waals surface area (Å²) in [6, 6.07) is 6.66. The number of carbonyl (C=O) groups is 1. The lowest BCUT2D eigenvalue weighted by atomic mass is 9.84. The van der Waals surface area contributed by atoms with Gasteiger partial charge in [-0.05, 0) is 11.6 Å². The summed E-state index contributed by atoms with van der Waals surface area (Å²) >= 11 is 0. The minimum absolute atomic E-state index is 0.226. The van der Waals surface area contributed by atoms with Crippen LogP contribution < -0.4 is 10.6 Å². The van der Waals surface area contributed by atoms with E-state index in [1.807, 2.05) is 13.8 Å². The molecule has 2 aromatic rings. The maximum Gasteiger partial charge on any atom is 0.272 e. The Morgan fingerprint density at radius 1 is 1.39 bits per heavy atom. The zero-order valence-electron chi connectivity index (χ0n) is 13.4. The van der Waals surface area contributed by atoms with Crippen molar-refractivity contribution in [2.45, 2.75) is 32.2 Å². The molecule has 0 spiro atoms. The van der Waals surface area contributed by atoms with Crippen LogP contribution in [0.1, 0.15) is 41.2 Å². The number of nitrogens with one attached hydrogen (secondary N) is 3. The largest absolute Gasteiger partial charge is 0.350 e. The average Bonchev–Trinajstić information content (AvgIpc) is 2.97. The lowest BCUT2D eigenvalue weighted by Gasteiger charge is -2.26. The molecular weight excluding hydrogens is 295 g/mol. The second-order valence-corrected chi connectivity index (χ2v) is 6.50. The predicted molar refractivity (Wildman–Crippen MR) is 85.8 cm³/mol. The molecule has 0 fully saturated rings. The van der Waals surface area contributed by atoms with Gasteiger partial charge in [-0.25, -0.2) is 4.39 Å². The molecule has 1 aromatic heterocycles. The SMILES string of the molecule is CC(C)(CNC(=O)c1n[nH]c2c1CNCC2)c1ccccc1F. The fourth-order valence-electron chi connectivity index (χ4n) is 2.90. The molecule has 3 rings (SSSR count). The maximum absolute atomic E-state index is 14.0. The van der Waals surface area contributed by atoms with Crippen LogP contribution in [0.3, 0.4) is 0 Å². The Balaban J connectivity index is 1.72. The molecule has 0 atom stereocenters. The van der Waals surface area contributed by atoms with Gasteiger partial charge in [0, 0.05) is 42.7 Å². The van der Waals surface area contributed by atoms with Gasteiger partial charge in [-0.2, -0.15) is 5.10 Å². The van der Waals surface area contributed by atoms with Crippen LogP contribution in [0, 0.1) is 5.82 Å². The first kappa shape index (κ1) is 15.7. The van der Waals surface area contributed by atoms with E-state index in [-0.39, 0.29) is 11.7 Å². The normalized spacial score (nSPS) is 14.4. The molecule has 1 aliphatic rings. The van der Waals surface area contributed by atoms with Crippen molar-refractivity contribution in [1.29, 1.82) is 0 Å². The first-order valence-electron chi connectivity index (χ1n) is 7.79. The summed E-state index contributed by atoms with van der Waals surface area (Å²) in [5, 5.41) is 13.2. The van der Waals surface area contributed by atoms with Gasteiger partial charge in [0.15, 0.2) is 5.69 Å². The van der Waals surface area contributed by atoms with E-state index in [2.05, 4.69) is 20.8 Å². The summed E-state index contributed by atoms with van der Waals surface area (Å²) in [7, 11) is 0. The number of hydrogen-bond acceptors (Lipinski definition) is 3. The Kier molecular flexibility index (Phi) is 4.17. The number of fused-ring (bicyclic) bond motifs is 1. The Morgan fingerprint density at radius 3 is 2.96 bits per heavy atom. The summed E-state index contributed by atoms with van der Waals surface area (Å²) in [5.41, 5.74) is 2.46. The molecule has 23 heavy (non-hydrogen) atoms. The third-order valence-electron chi connectivity index (χ3n) is 4.32. The Morgan fingerprint density at radius 2 is 2.17 bits per heavy atom. The smallest absolute Gasteiger partial charge is 0.272 e. The van der Waals surface area contributed by atoms with Crippen molar-refractivity contribution in [2.75, 3.05) is 13.1 Å². The van der Waals surface area contributed by atoms with Gasteiger partial charge in [0.1, 0.15) is 5.82 Å². The number of rotatable bonds is 4. The highest BCUT2D eigenvalue weighted by Crippen LogP contribution is 2.25. The lowest BCUT2D eigenvalue weighted by molar-refractivity contribution is 0.0939. The van der Waals surface area contributed by atoms with Crippen molar-refractivity contribution >= 4 is 5.91 Å². The highest BCUT2D eigenvalue weighted by atomic mass is 19.1. The van der Waals surface area contributed by atoms with Crippen LogP contribution in [-0.4, -0.2) is 29.2 Å². The van der Waals surface area contributed by atoms with Crippen LogP contribution in [0.25, 0.3) is 0 Å². The lowest BCUT2D eigenvalue weighted by Crippen LogP contribution is -2.38. The summed E-state index contributed by atoms with van der Waals surface area (Å²) in [4.78, 5) is 12.4. The third kappa shape index (κ3) is 3.12. The van der Waals surface area contributed by atoms with Crippen LogP contribution in [0.4, 0.5) is 4.39 Å². The van der Waals surface area contributed by atoms with Gasteiger partial charge < -0.3 is 10.6 Å². The van der Waals surface area contributed by atoms with E-state index in [9.17, 15) is 9.18 Å². The standard InChI is InChI=1S/C17H21FN4O/c1-17(2,12-5-3-4-6-13(12)18)10-20-16(23)15-11-9-19-8-7-14(11)21-22-15/h3-6,19H,7-10H2,1-2H3,(H,20,23)(H,21,22). The van der Waals surface area contributed by atoms with E-state index < -0.39 is 5.41 Å². The van der Waals surface area contributed by atoms with E-state index in [0.29, 0.717) is 24.3 Å². The van der Waals surface area contributed by atoms with Gasteiger partial charge in [0.25, 0.3) is 5.91 Å². The first-order valence-corrected chi connectivity index (χ1v) is 7.79. The van der Waals surface area contributed by atoms with Crippen LogP contribution in [-0.2, 0) is 18.4 Å². The Bertz CT molecular complexity index is 723. The number of amides is 1. The number of H-pyrrole nitrogens is 1. The quantitative estimate of drug-likeness (QED) is 0.807. The minimum atomic E-state index is -0.504. The average molecular weight is 316 g/mol. The second-order valence-electron chi connectivity index (χ2n) is 6.50. The topological polar surface area (TPSA) is 69.8 Å². The number of hydrogen-bond donors (Lipinski definition) is 3. The molecular formula is C17H21FN4O. The van der Waals surface area contributed by atoms with E-state index in [1.165, 1.54) is 6.07 Å². The molecule has 2 heterocycles. The zero-order chi connectivity index (χ0) is 16.4. The van der Waals surface area contributed by atoms with Crippen LogP contribution >= 0.6 is 0 Å². The van der Waals surface area contributed by atoms with Crippen molar-refractivity contribution in [3.05, 3.63) is 52.6 Å². The minimum Gasteiger partial charge on any atom is -0.350 e. The van der Waals surface area contributed by atoms with Crippen molar-refractivity contribution in [3.8, 4) is 0 Å². The molecule has 6 heteroatoms. The summed E-state index contributed by atoms with van der Waals surface area (Å²) in [5.74, 6) is -0.483. The molecule has 0 bridgehead atoms. The number of aromatic nitrogens is 2. The number of nitrogens with zero attached hydrogens (tertiary/aromatic N) is 1. The predicted octanol–water partition coefficient (Wildman–Crippen LogP) is 1.90. The van der Waals surface area contributed by atoms with Crippen molar-refractivity contribution in [2.24, 2.45) is 0 Å². The molecule has 0 aliphatic carbocycles. The molecule has 0 saturated carbocycles. The Hall–Kier alpha value is -2.21. The number of carbonyl (C=O) groups excluding carboxylic acids is 1. The van der Waals surface area contributed by atoms with E-state index in [1.54, 1.807) is 18.2 Å². The molecule has 0 saturated heterocycles. The van der Waals surface area contributed by atoms with Crippen LogP contribution in [0.15, 0.2) is 24.3 Å². The van der Waals surface area contributed by atoms with Crippen molar-refractivity contribution in [1.82, 2.24) is 20.8 Å². The zero-order valence-corrected chi connectivity index (χ0v) is 13.4. The Labute approximate surface area is 134 Å². The van der Waals surface area contributed by atoms with Gasteiger partial charge in [-0.3, -0.25) is 9.89 Å². The van der Waals surface area contributed by atoms with Crippen LogP contribution in [0.2, 0.25) is 0 Å². The van der Waals surface area contributed by atoms with Gasteiger partial charge in [0.05, 0.1) is 0 Å². The van der Waals surface area contributed by atoms with Gasteiger partial charge in [0.2, 0.25) is 0 Å². The van der Waals surface area contributed by atoms with E-state index in [0.717, 1.165) is 24.2 Å². The van der Waals surface area contributed by atoms with Crippen LogP contribution in [0.5, 0.6) is 0 Å². The highest BCUT2D eigenvalue weighted by Gasteiger charge is 2.27. The van der Waals surface area contributed by atoms with Gasteiger partial charge >= 0.3 is 0 Å². The highest BCUT2D eigenvalue weighted by molar-refractivity contribution is 5.94. The van der Waals surface area contributed by atoms with Gasteiger partial charge in [-0.15, -0.1) is 0 Å². The van der Waals surface area contributed by atoms with E-state index in [4.69, 9.17) is 0 Å². The number of aromatic amines is 1. The van der Waals surface area contributed by atoms with E-state index >= 15 is 0 Å². The van der Waals surface area contributed by atoms with Crippen molar-refractivity contribution in [3.63, 3.8) is 0 Å². The summed E-state index contributed by atoms with van der Waals surface area (Å²) < 4.78 is 14.0. The molecule has 0 unspecified atom stereocenters. The number of halogens is 1. The van der Waals surface area contributed by atoms with Gasteiger partial charge in [-0.1, -0.05) is 32.0 Å². The maximum atomic E-state index is 14.0. The molecule has 1 aromatic carbocycles. The second kappa shape index (κ2) is 6.12. The fourth-order valence-corrected chi connectivity index (χ4v) is 2.90. The fraction of sp³-hybridized carbons (Fsp3) is 0.412. The summed E-state index contributed by atoms with van der Waals surface area (Å²) in [6.45, 7) is 5.68. The number of benzene rings is 1. The molecule has 3 N–H and O–H groups in total. The molecule has 1 aliphatic heterocycles. The van der Waals surface area contributed by atoms with Crippen molar-refractivity contribution < 1.29 is 9.18 Å². The molecule has 1 amide bonds. The third-order valence-corrected chi connectivity index (χ3v) is 4.32. The molecule has 122 valence electrons.